The van der Waals surface area contributed by atoms with Gasteiger partial charge in [0.05, 0.1) is 41.8 Å². The van der Waals surface area contributed by atoms with Crippen LogP contribution in [0.2, 0.25) is 0 Å². The predicted molar refractivity (Wildman–Crippen MR) is 65.7 cm³/mol. The van der Waals surface area contributed by atoms with Crippen LogP contribution in [0.15, 0.2) is 0 Å². The first kappa shape index (κ1) is 23.1. The molecule has 13 heavy (non-hydrogen) atoms. The summed E-state index contributed by atoms with van der Waals surface area (Å²) in [5, 5.41) is 0. The second-order valence-electron chi connectivity index (χ2n) is 4.68. The summed E-state index contributed by atoms with van der Waals surface area (Å²) in [5.74, 6) is 0. The molecular formula is C11H34N2+2. The molecule has 0 saturated heterocycles. The van der Waals surface area contributed by atoms with Crippen LogP contribution in [0.4, 0.5) is 0 Å². The van der Waals surface area contributed by atoms with Crippen molar-refractivity contribution in [2.24, 2.45) is 0 Å². The second-order valence-corrected chi connectivity index (χ2v) is 4.68. The summed E-state index contributed by atoms with van der Waals surface area (Å²) in [5.41, 5.74) is 0. The third kappa shape index (κ3) is 14.7. The molecule has 0 aliphatic heterocycles. The van der Waals surface area contributed by atoms with E-state index in [0.29, 0.717) is 0 Å². The molecule has 0 saturated carbocycles. The molecule has 0 heterocycles. The van der Waals surface area contributed by atoms with E-state index in [1.165, 1.54) is 13.2 Å². The topological polar surface area (TPSA) is 0 Å². The van der Waals surface area contributed by atoms with Gasteiger partial charge >= 0.3 is 0 Å². The van der Waals surface area contributed by atoms with Gasteiger partial charge in [-0.25, -0.2) is 0 Å². The lowest BCUT2D eigenvalue weighted by Crippen LogP contribution is -2.53. The van der Waals surface area contributed by atoms with Crippen molar-refractivity contribution >= 4 is 0 Å². The van der Waals surface area contributed by atoms with Crippen molar-refractivity contribution in [3.63, 3.8) is 0 Å². The first-order chi connectivity index (χ1) is 4.27. The summed E-state index contributed by atoms with van der Waals surface area (Å²) in [6, 6.07) is 0. The van der Waals surface area contributed by atoms with Gasteiger partial charge in [-0.3, -0.25) is 8.97 Å². The number of hydrogen-bond acceptors (Lipinski definition) is 0. The molecule has 0 fully saturated rings. The quantitative estimate of drug-likeness (QED) is 0.479. The molecule has 0 aromatic carbocycles. The number of nitrogens with zero attached hydrogens (tertiary/aromatic N) is 2. The van der Waals surface area contributed by atoms with Crippen LogP contribution in [0, 0.1) is 0 Å². The van der Waals surface area contributed by atoms with Gasteiger partial charge in [0, 0.05) is 0 Å². The monoisotopic (exact) mass is 194 g/mol. The molecule has 0 amide bonds. The maximum Gasteiger partial charge on any atom is 0.206 e. The van der Waals surface area contributed by atoms with E-state index in [-0.39, 0.29) is 22.3 Å². The second kappa shape index (κ2) is 7.34. The lowest BCUT2D eigenvalue weighted by atomic mass is 10.5. The van der Waals surface area contributed by atoms with E-state index in [0.717, 1.165) is 8.97 Å². The molecule has 0 spiro atoms. The summed E-state index contributed by atoms with van der Waals surface area (Å²) in [6.45, 7) is 4.63. The Kier molecular flexibility index (Phi) is 13.0. The molecule has 86 valence electrons. The van der Waals surface area contributed by atoms with Gasteiger partial charge in [-0.2, -0.15) is 0 Å². The fraction of sp³-hybridized carbons (Fsp3) is 1.00. The Balaban J connectivity index is -0.000000135. The zero-order chi connectivity index (χ0) is 8.41. The van der Waals surface area contributed by atoms with E-state index in [1.54, 1.807) is 0 Å². The minimum Gasteiger partial charge on any atom is -0.284 e. The van der Waals surface area contributed by atoms with Crippen LogP contribution >= 0.6 is 0 Å². The van der Waals surface area contributed by atoms with Crippen molar-refractivity contribution in [3.05, 3.63) is 0 Å². The van der Waals surface area contributed by atoms with Gasteiger partial charge < -0.3 is 0 Å². The van der Waals surface area contributed by atoms with Crippen molar-refractivity contribution in [2.45, 2.75) is 29.2 Å². The van der Waals surface area contributed by atoms with Crippen LogP contribution < -0.4 is 0 Å². The first-order valence-electron chi connectivity index (χ1n) is 3.89. The largest absolute Gasteiger partial charge is 0.284 e. The van der Waals surface area contributed by atoms with Crippen LogP contribution in [-0.2, 0) is 0 Å². The first-order valence-corrected chi connectivity index (χ1v) is 3.89. The Morgan fingerprint density at radius 2 is 1.08 bits per heavy atom. The molecule has 0 unspecified atom stereocenters. The number of hydrogen-bond donors (Lipinski definition) is 0. The Morgan fingerprint density at radius 3 is 1.15 bits per heavy atom. The smallest absolute Gasteiger partial charge is 0.206 e. The Hall–Kier alpha value is -0.0800. The lowest BCUT2D eigenvalue weighted by molar-refractivity contribution is -1.06. The van der Waals surface area contributed by atoms with E-state index in [4.69, 9.17) is 0 Å². The van der Waals surface area contributed by atoms with Gasteiger partial charge in [-0.1, -0.05) is 22.3 Å². The van der Waals surface area contributed by atoms with Crippen molar-refractivity contribution < 1.29 is 8.97 Å². The standard InChI is InChI=1S/C8H22N2.3CH4/c1-7-10(5,6)8-9(2,3)4;;;/h7-8H2,1-6H3;3*1H4/q+2;;;. The Labute approximate surface area is 87.3 Å². The van der Waals surface area contributed by atoms with Gasteiger partial charge in [0.15, 0.2) is 0 Å². The third-order valence-corrected chi connectivity index (χ3v) is 1.66. The van der Waals surface area contributed by atoms with Crippen LogP contribution in [0.25, 0.3) is 0 Å². The summed E-state index contributed by atoms with van der Waals surface area (Å²) < 4.78 is 2.14. The molecule has 2 heteroatoms. The minimum absolute atomic E-state index is 0. The fourth-order valence-electron chi connectivity index (χ4n) is 1.25. The van der Waals surface area contributed by atoms with Crippen molar-refractivity contribution in [2.75, 3.05) is 48.5 Å². The molecule has 0 aromatic rings. The van der Waals surface area contributed by atoms with Crippen molar-refractivity contribution in [1.82, 2.24) is 0 Å². The van der Waals surface area contributed by atoms with Crippen LogP contribution in [0.3, 0.4) is 0 Å². The van der Waals surface area contributed by atoms with E-state index in [1.807, 2.05) is 0 Å². The Morgan fingerprint density at radius 1 is 0.769 bits per heavy atom. The van der Waals surface area contributed by atoms with E-state index in [2.05, 4.69) is 42.2 Å². The molecule has 0 aromatic heterocycles. The normalized spacial score (nSPS) is 10.6. The third-order valence-electron chi connectivity index (χ3n) is 1.66. The minimum atomic E-state index is 0. The highest BCUT2D eigenvalue weighted by molar-refractivity contribution is 4.16. The molecule has 0 radical (unpaired) electrons. The van der Waals surface area contributed by atoms with Gasteiger partial charge in [0.1, 0.15) is 0 Å². The average Bonchev–Trinajstić information content (AvgIpc) is 1.60. The number of rotatable bonds is 3. The fourth-order valence-corrected chi connectivity index (χ4v) is 1.25. The van der Waals surface area contributed by atoms with E-state index < -0.39 is 0 Å². The SMILES string of the molecule is C.C.C.CC[N+](C)(C)C[N+](C)(C)C. The molecule has 0 aliphatic carbocycles. The van der Waals surface area contributed by atoms with Crippen molar-refractivity contribution in [1.29, 1.82) is 0 Å². The summed E-state index contributed by atoms with van der Waals surface area (Å²) >= 11 is 0. The predicted octanol–water partition coefficient (Wildman–Crippen LogP) is 2.65. The molecule has 0 bridgehead atoms. The van der Waals surface area contributed by atoms with Crippen LogP contribution in [-0.4, -0.2) is 57.4 Å². The molecular weight excluding hydrogens is 160 g/mol. The van der Waals surface area contributed by atoms with E-state index in [9.17, 15) is 0 Å². The average molecular weight is 194 g/mol. The lowest BCUT2D eigenvalue weighted by Gasteiger charge is -2.35. The molecule has 0 N–H and O–H groups in total. The van der Waals surface area contributed by atoms with E-state index >= 15 is 0 Å². The van der Waals surface area contributed by atoms with Crippen molar-refractivity contribution in [3.8, 4) is 0 Å². The Bertz CT molecular complexity index is 101. The highest BCUT2D eigenvalue weighted by Crippen LogP contribution is 2.01. The zero-order valence-corrected chi connectivity index (χ0v) is 8.31. The molecule has 0 rings (SSSR count). The highest BCUT2D eigenvalue weighted by atomic mass is 15.5. The van der Waals surface area contributed by atoms with Crippen LogP contribution in [0.5, 0.6) is 0 Å². The summed E-state index contributed by atoms with van der Waals surface area (Å²) in [6.07, 6.45) is 0. The number of quaternary nitrogens is 2. The maximum absolute atomic E-state index is 2.27. The van der Waals surface area contributed by atoms with Gasteiger partial charge in [0.25, 0.3) is 0 Å². The molecule has 0 atom stereocenters. The summed E-state index contributed by atoms with van der Waals surface area (Å²) in [4.78, 5) is 0. The maximum atomic E-state index is 2.27. The summed E-state index contributed by atoms with van der Waals surface area (Å²) in [7, 11) is 11.2. The molecule has 2 nitrogen and oxygen atoms in total. The van der Waals surface area contributed by atoms with Crippen LogP contribution in [0.1, 0.15) is 29.2 Å². The highest BCUT2D eigenvalue weighted by Gasteiger charge is 2.20. The van der Waals surface area contributed by atoms with Gasteiger partial charge in [-0.05, 0) is 6.92 Å². The molecule has 0 aliphatic rings. The zero-order valence-electron chi connectivity index (χ0n) is 8.31. The van der Waals surface area contributed by atoms with Gasteiger partial charge in [-0.15, -0.1) is 0 Å². The van der Waals surface area contributed by atoms with Gasteiger partial charge in [0.2, 0.25) is 6.67 Å².